The second-order valence-electron chi connectivity index (χ2n) is 7.38. The monoisotopic (exact) mass is 459 g/mol. The lowest BCUT2D eigenvalue weighted by Gasteiger charge is -2.15. The fourth-order valence-electron chi connectivity index (χ4n) is 3.95. The van der Waals surface area contributed by atoms with Crippen LogP contribution in [0.3, 0.4) is 0 Å². The van der Waals surface area contributed by atoms with Gasteiger partial charge in [-0.05, 0) is 28.8 Å². The molecule has 0 aliphatic rings. The number of rotatable bonds is 6. The number of aromatic nitrogens is 1. The van der Waals surface area contributed by atoms with Gasteiger partial charge in [0.05, 0.1) is 25.6 Å². The predicted octanol–water partition coefficient (Wildman–Crippen LogP) is 6.10. The van der Waals surface area contributed by atoms with Gasteiger partial charge in [-0.15, -0.1) is 0 Å². The first-order chi connectivity index (χ1) is 16.0. The van der Waals surface area contributed by atoms with E-state index in [4.69, 9.17) is 21.1 Å². The van der Waals surface area contributed by atoms with Crippen LogP contribution in [0.15, 0.2) is 84.9 Å². The highest BCUT2D eigenvalue weighted by molar-refractivity contribution is 6.30. The van der Waals surface area contributed by atoms with E-state index in [1.807, 2.05) is 77.4 Å². The van der Waals surface area contributed by atoms with Gasteiger partial charge in [-0.2, -0.15) is 0 Å². The molecule has 4 aromatic rings. The van der Waals surface area contributed by atoms with E-state index in [-0.39, 0.29) is 11.1 Å². The molecule has 4 rings (SSSR count). The molecule has 0 unspecified atom stereocenters. The minimum absolute atomic E-state index is 0.154. The third-order valence-corrected chi connectivity index (χ3v) is 5.64. The zero-order valence-electron chi connectivity index (χ0n) is 18.2. The Hall–Kier alpha value is -3.83. The van der Waals surface area contributed by atoms with E-state index in [0.717, 1.165) is 16.7 Å². The number of hydrogen-bond donors (Lipinski definition) is 0. The molecule has 3 aromatic carbocycles. The Kier molecular flexibility index (Phi) is 6.61. The van der Waals surface area contributed by atoms with E-state index in [0.29, 0.717) is 23.0 Å². The molecule has 0 saturated carbocycles. The maximum Gasteiger partial charge on any atom is 0.340 e. The molecule has 0 radical (unpaired) electrons. The van der Waals surface area contributed by atoms with E-state index in [1.165, 1.54) is 14.2 Å². The normalized spacial score (nSPS) is 10.6. The number of halogens is 1. The molecule has 0 aliphatic carbocycles. The van der Waals surface area contributed by atoms with Crippen LogP contribution >= 0.6 is 11.6 Å². The van der Waals surface area contributed by atoms with Gasteiger partial charge in [-0.3, -0.25) is 0 Å². The molecule has 0 atom stereocenters. The van der Waals surface area contributed by atoms with Crippen LogP contribution in [0.1, 0.15) is 26.3 Å². The number of hydrogen-bond acceptors (Lipinski definition) is 4. The van der Waals surface area contributed by atoms with Crippen LogP contribution in [0, 0.1) is 0 Å². The first-order valence-electron chi connectivity index (χ1n) is 10.3. The zero-order chi connectivity index (χ0) is 23.4. The number of carbonyl (C=O) groups is 2. The van der Waals surface area contributed by atoms with Gasteiger partial charge < -0.3 is 14.0 Å². The van der Waals surface area contributed by atoms with E-state index >= 15 is 0 Å². The van der Waals surface area contributed by atoms with Crippen LogP contribution in [0.2, 0.25) is 5.02 Å². The molecular formula is C27H22ClNO4. The largest absolute Gasteiger partial charge is 0.465 e. The third-order valence-electron chi connectivity index (χ3n) is 5.39. The lowest BCUT2D eigenvalue weighted by molar-refractivity contribution is 0.0558. The molecule has 0 aliphatic heterocycles. The molecule has 166 valence electrons. The molecule has 6 heteroatoms. The minimum atomic E-state index is -0.621. The summed E-state index contributed by atoms with van der Waals surface area (Å²) < 4.78 is 12.2. The summed E-state index contributed by atoms with van der Waals surface area (Å²) in [6.45, 7) is 0.421. The van der Waals surface area contributed by atoms with Crippen molar-refractivity contribution in [3.05, 3.63) is 107 Å². The molecule has 0 N–H and O–H groups in total. The second kappa shape index (κ2) is 9.76. The summed E-state index contributed by atoms with van der Waals surface area (Å²) in [7, 11) is 2.60. The quantitative estimate of drug-likeness (QED) is 0.327. The number of methoxy groups -OCH3 is 2. The highest BCUT2D eigenvalue weighted by Crippen LogP contribution is 2.39. The predicted molar refractivity (Wildman–Crippen MR) is 129 cm³/mol. The molecule has 33 heavy (non-hydrogen) atoms. The molecule has 0 fully saturated rings. The molecule has 0 spiro atoms. The van der Waals surface area contributed by atoms with Gasteiger partial charge in [-0.1, -0.05) is 84.4 Å². The number of nitrogens with zero attached hydrogens (tertiary/aromatic N) is 1. The summed E-state index contributed by atoms with van der Waals surface area (Å²) in [6, 6.07) is 26.4. The molecule has 1 heterocycles. The lowest BCUT2D eigenvalue weighted by atomic mass is 10.0. The van der Waals surface area contributed by atoms with E-state index in [9.17, 15) is 9.59 Å². The Morgan fingerprint density at radius 1 is 0.697 bits per heavy atom. The van der Waals surface area contributed by atoms with Crippen LogP contribution < -0.4 is 0 Å². The molecular weight excluding hydrogens is 438 g/mol. The average Bonchev–Trinajstić information content (AvgIpc) is 3.19. The van der Waals surface area contributed by atoms with Gasteiger partial charge in [0.1, 0.15) is 11.1 Å². The summed E-state index contributed by atoms with van der Waals surface area (Å²) in [6.07, 6.45) is 0. The van der Waals surface area contributed by atoms with Gasteiger partial charge >= 0.3 is 11.9 Å². The smallest absolute Gasteiger partial charge is 0.340 e. The van der Waals surface area contributed by atoms with Crippen molar-refractivity contribution in [3.8, 4) is 22.5 Å². The molecule has 0 amide bonds. The van der Waals surface area contributed by atoms with Crippen molar-refractivity contribution < 1.29 is 19.1 Å². The summed E-state index contributed by atoms with van der Waals surface area (Å²) in [5.41, 5.74) is 3.96. The Balaban J connectivity index is 2.14. The lowest BCUT2D eigenvalue weighted by Crippen LogP contribution is -2.11. The molecule has 1 aromatic heterocycles. The van der Waals surface area contributed by atoms with Crippen LogP contribution in [-0.4, -0.2) is 30.7 Å². The number of carbonyl (C=O) groups excluding carboxylic acids is 2. The van der Waals surface area contributed by atoms with Gasteiger partial charge in [0.15, 0.2) is 0 Å². The summed E-state index contributed by atoms with van der Waals surface area (Å²) in [4.78, 5) is 26.2. The summed E-state index contributed by atoms with van der Waals surface area (Å²) in [5, 5.41) is 0.566. The first-order valence-corrected chi connectivity index (χ1v) is 10.7. The number of esters is 2. The topological polar surface area (TPSA) is 57.5 Å². The van der Waals surface area contributed by atoms with Crippen molar-refractivity contribution in [2.45, 2.75) is 6.54 Å². The van der Waals surface area contributed by atoms with Gasteiger partial charge in [0, 0.05) is 11.6 Å². The van der Waals surface area contributed by atoms with Crippen molar-refractivity contribution in [2.24, 2.45) is 0 Å². The van der Waals surface area contributed by atoms with Crippen LogP contribution in [-0.2, 0) is 16.0 Å². The zero-order valence-corrected chi connectivity index (χ0v) is 19.0. The molecule has 0 saturated heterocycles. The van der Waals surface area contributed by atoms with Crippen molar-refractivity contribution in [2.75, 3.05) is 14.2 Å². The Labute approximate surface area is 197 Å². The summed E-state index contributed by atoms with van der Waals surface area (Å²) in [5.74, 6) is -1.24. The maximum atomic E-state index is 13.1. The highest BCUT2D eigenvalue weighted by Gasteiger charge is 2.33. The van der Waals surface area contributed by atoms with Gasteiger partial charge in [0.25, 0.3) is 0 Å². The van der Waals surface area contributed by atoms with Crippen LogP contribution in [0.5, 0.6) is 0 Å². The summed E-state index contributed by atoms with van der Waals surface area (Å²) >= 11 is 6.13. The van der Waals surface area contributed by atoms with Gasteiger partial charge in [-0.25, -0.2) is 9.59 Å². The highest BCUT2D eigenvalue weighted by atomic mass is 35.5. The Morgan fingerprint density at radius 3 is 1.64 bits per heavy atom. The van der Waals surface area contributed by atoms with Crippen LogP contribution in [0.4, 0.5) is 0 Å². The SMILES string of the molecule is COC(=O)c1c(C(=O)OC)c(-c2ccc(Cl)cc2)n(Cc2ccccc2)c1-c1ccccc1. The third kappa shape index (κ3) is 4.41. The first kappa shape index (κ1) is 22.4. The maximum absolute atomic E-state index is 13.1. The van der Waals surface area contributed by atoms with Crippen molar-refractivity contribution in [3.63, 3.8) is 0 Å². The minimum Gasteiger partial charge on any atom is -0.465 e. The second-order valence-corrected chi connectivity index (χ2v) is 7.81. The average molecular weight is 460 g/mol. The molecule has 0 bridgehead atoms. The van der Waals surface area contributed by atoms with E-state index in [2.05, 4.69) is 0 Å². The Morgan fingerprint density at radius 2 is 1.15 bits per heavy atom. The van der Waals surface area contributed by atoms with Gasteiger partial charge in [0.2, 0.25) is 0 Å². The Bertz CT molecular complexity index is 1280. The standard InChI is InChI=1S/C27H22ClNO4/c1-32-26(30)22-23(27(31)33-2)25(20-13-15-21(28)16-14-20)29(17-18-9-5-3-6-10-18)24(22)19-11-7-4-8-12-19/h3-16H,17H2,1-2H3. The fraction of sp³-hybridized carbons (Fsp3) is 0.111. The van der Waals surface area contributed by atoms with Crippen molar-refractivity contribution in [1.29, 1.82) is 0 Å². The van der Waals surface area contributed by atoms with Crippen molar-refractivity contribution >= 4 is 23.5 Å². The van der Waals surface area contributed by atoms with E-state index < -0.39 is 11.9 Å². The van der Waals surface area contributed by atoms with Crippen LogP contribution in [0.25, 0.3) is 22.5 Å². The fourth-order valence-corrected chi connectivity index (χ4v) is 4.07. The number of ether oxygens (including phenoxy) is 2. The molecule has 5 nitrogen and oxygen atoms in total. The number of benzene rings is 3. The van der Waals surface area contributed by atoms with Crippen molar-refractivity contribution in [1.82, 2.24) is 4.57 Å². The van der Waals surface area contributed by atoms with E-state index in [1.54, 1.807) is 12.1 Å².